The molecule has 0 atom stereocenters. The second-order valence-electron chi connectivity index (χ2n) is 11.0. The summed E-state index contributed by atoms with van der Waals surface area (Å²) < 4.78 is 37.2. The molecule has 0 spiro atoms. The fourth-order valence-electron chi connectivity index (χ4n) is 4.65. The zero-order valence-corrected chi connectivity index (χ0v) is 22.4. The molecule has 4 rings (SSSR count). The summed E-state index contributed by atoms with van der Waals surface area (Å²) in [6.07, 6.45) is 1.16. The highest BCUT2D eigenvalue weighted by molar-refractivity contribution is 7.87. The van der Waals surface area contributed by atoms with Crippen molar-refractivity contribution in [2.45, 2.75) is 57.5 Å². The van der Waals surface area contributed by atoms with E-state index in [1.807, 2.05) is 40.7 Å². The maximum Gasteiger partial charge on any atom is 0.410 e. The molecule has 0 saturated carbocycles. The van der Waals surface area contributed by atoms with Crippen LogP contribution in [0.1, 0.15) is 51.4 Å². The van der Waals surface area contributed by atoms with Crippen LogP contribution < -0.4 is 4.18 Å². The number of carbonyl (C=O) groups is 1. The van der Waals surface area contributed by atoms with E-state index >= 15 is 0 Å². The van der Waals surface area contributed by atoms with Gasteiger partial charge in [0.2, 0.25) is 0 Å². The Balaban J connectivity index is 1.62. The van der Waals surface area contributed by atoms with Crippen LogP contribution in [0, 0.1) is 18.3 Å². The van der Waals surface area contributed by atoms with Gasteiger partial charge in [-0.05, 0) is 39.3 Å². The zero-order chi connectivity index (χ0) is 26.5. The molecule has 0 bridgehead atoms. The minimum Gasteiger partial charge on any atom is -0.444 e. The molecule has 3 heterocycles. The molecule has 9 nitrogen and oxygen atoms in total. The molecule has 1 aromatic heterocycles. The third-order valence-corrected chi connectivity index (χ3v) is 7.57. The Labute approximate surface area is 212 Å². The van der Waals surface area contributed by atoms with Crippen LogP contribution in [0.4, 0.5) is 4.79 Å². The first-order valence-corrected chi connectivity index (χ1v) is 13.3. The second-order valence-corrected chi connectivity index (χ2v) is 12.5. The van der Waals surface area contributed by atoms with Gasteiger partial charge in [0.1, 0.15) is 16.6 Å². The van der Waals surface area contributed by atoms with Gasteiger partial charge in [-0.2, -0.15) is 13.7 Å². The number of nitrogens with zero attached hydrogens (tertiary/aromatic N) is 4. The topological polar surface area (TPSA) is 113 Å². The number of benzene rings is 1. The summed E-state index contributed by atoms with van der Waals surface area (Å²) in [6.45, 7) is 14.2. The van der Waals surface area contributed by atoms with Gasteiger partial charge in [0, 0.05) is 55.5 Å². The van der Waals surface area contributed by atoms with Crippen LogP contribution >= 0.6 is 0 Å². The van der Waals surface area contributed by atoms with Crippen LogP contribution in [-0.2, 0) is 20.3 Å². The first-order valence-electron chi connectivity index (χ1n) is 11.9. The van der Waals surface area contributed by atoms with E-state index in [0.717, 1.165) is 5.56 Å². The number of pyridine rings is 1. The molecule has 0 N–H and O–H groups in total. The molecule has 2 aliphatic heterocycles. The number of fused-ring (bicyclic) bond motifs is 3. The van der Waals surface area contributed by atoms with Crippen LogP contribution in [0.3, 0.4) is 0 Å². The highest BCUT2D eigenvalue weighted by Crippen LogP contribution is 2.47. The minimum atomic E-state index is -4.07. The molecular weight excluding hydrogens is 480 g/mol. The van der Waals surface area contributed by atoms with E-state index in [-0.39, 0.29) is 22.3 Å². The average molecular weight is 513 g/mol. The Morgan fingerprint density at radius 1 is 1.17 bits per heavy atom. The van der Waals surface area contributed by atoms with Crippen LogP contribution in [0.2, 0.25) is 0 Å². The van der Waals surface area contributed by atoms with Gasteiger partial charge in [-0.25, -0.2) is 4.79 Å². The molecule has 192 valence electrons. The number of ether oxygens (including phenoxy) is 1. The fourth-order valence-corrected chi connectivity index (χ4v) is 5.90. The van der Waals surface area contributed by atoms with Crippen LogP contribution in [-0.4, -0.2) is 67.6 Å². The highest BCUT2D eigenvalue weighted by atomic mass is 32.2. The van der Waals surface area contributed by atoms with E-state index in [1.165, 1.54) is 6.20 Å². The molecule has 10 heteroatoms. The summed E-state index contributed by atoms with van der Waals surface area (Å²) >= 11 is 0. The summed E-state index contributed by atoms with van der Waals surface area (Å²) in [5, 5.41) is 9.75. The molecule has 0 unspecified atom stereocenters. The number of piperazine rings is 1. The van der Waals surface area contributed by atoms with Gasteiger partial charge in [0.05, 0.1) is 11.3 Å². The van der Waals surface area contributed by atoms with Crippen molar-refractivity contribution in [1.82, 2.24) is 14.8 Å². The number of amides is 1. The van der Waals surface area contributed by atoms with Crippen molar-refractivity contribution < 1.29 is 22.1 Å². The monoisotopic (exact) mass is 512 g/mol. The molecule has 0 radical (unpaired) electrons. The van der Waals surface area contributed by atoms with E-state index in [4.69, 9.17) is 8.92 Å². The van der Waals surface area contributed by atoms with Crippen molar-refractivity contribution >= 4 is 16.2 Å². The summed E-state index contributed by atoms with van der Waals surface area (Å²) in [6, 6.07) is 7.23. The minimum absolute atomic E-state index is 0.0553. The number of hydrogen-bond donors (Lipinski definition) is 0. The van der Waals surface area contributed by atoms with Crippen molar-refractivity contribution in [1.29, 1.82) is 5.26 Å². The maximum atomic E-state index is 13.1. The van der Waals surface area contributed by atoms with Crippen LogP contribution in [0.15, 0.2) is 29.3 Å². The first kappa shape index (κ1) is 25.9. The van der Waals surface area contributed by atoms with Crippen LogP contribution in [0.5, 0.6) is 5.75 Å². The standard InChI is InChI=1S/C26H32N4O5S/c1-17-7-8-19-20(13-17)36(32,33)35-22-21(19)18(14-27)15-28-23(22)26(5,6)16-29-9-11-30(12-10-29)24(31)34-25(2,3)4/h7-8,13,15H,9-12,16H2,1-6H3. The number of hydrogen-bond acceptors (Lipinski definition) is 8. The smallest absolute Gasteiger partial charge is 0.410 e. The predicted octanol–water partition coefficient (Wildman–Crippen LogP) is 3.84. The van der Waals surface area contributed by atoms with E-state index in [0.29, 0.717) is 49.5 Å². The molecular formula is C26H32N4O5S. The van der Waals surface area contributed by atoms with E-state index in [1.54, 1.807) is 24.0 Å². The van der Waals surface area contributed by atoms with Crippen molar-refractivity contribution in [2.75, 3.05) is 32.7 Å². The van der Waals surface area contributed by atoms with Gasteiger partial charge in [-0.3, -0.25) is 9.88 Å². The molecule has 36 heavy (non-hydrogen) atoms. The van der Waals surface area contributed by atoms with Gasteiger partial charge < -0.3 is 13.8 Å². The Morgan fingerprint density at radius 2 is 1.83 bits per heavy atom. The molecule has 1 amide bonds. The lowest BCUT2D eigenvalue weighted by atomic mass is 9.84. The van der Waals surface area contributed by atoms with Crippen molar-refractivity contribution in [3.63, 3.8) is 0 Å². The van der Waals surface area contributed by atoms with Gasteiger partial charge >= 0.3 is 16.2 Å². The van der Waals surface area contributed by atoms with Crippen molar-refractivity contribution in [2.24, 2.45) is 0 Å². The maximum absolute atomic E-state index is 13.1. The number of aromatic nitrogens is 1. The largest absolute Gasteiger partial charge is 0.444 e. The average Bonchev–Trinajstić information content (AvgIpc) is 2.77. The lowest BCUT2D eigenvalue weighted by molar-refractivity contribution is 0.0131. The molecule has 2 aliphatic rings. The first-order chi connectivity index (χ1) is 16.7. The summed E-state index contributed by atoms with van der Waals surface area (Å²) in [7, 11) is -4.07. The summed E-state index contributed by atoms with van der Waals surface area (Å²) in [5.74, 6) is 0.114. The number of rotatable bonds is 3. The molecule has 0 aliphatic carbocycles. The zero-order valence-electron chi connectivity index (χ0n) is 21.6. The fraction of sp³-hybridized carbons (Fsp3) is 0.500. The Bertz CT molecular complexity index is 1350. The Kier molecular flexibility index (Phi) is 6.52. The van der Waals surface area contributed by atoms with Gasteiger partial charge in [0.15, 0.2) is 5.75 Å². The van der Waals surface area contributed by atoms with Crippen molar-refractivity contribution in [3.05, 3.63) is 41.2 Å². The third kappa shape index (κ3) is 5.04. The predicted molar refractivity (Wildman–Crippen MR) is 134 cm³/mol. The molecule has 1 saturated heterocycles. The van der Waals surface area contributed by atoms with Crippen molar-refractivity contribution in [3.8, 4) is 22.9 Å². The quantitative estimate of drug-likeness (QED) is 0.570. The van der Waals surface area contributed by atoms with Gasteiger partial charge in [-0.15, -0.1) is 0 Å². The number of carbonyl (C=O) groups excluding carboxylic acids is 1. The normalized spacial score (nSPS) is 17.4. The molecule has 2 aromatic rings. The van der Waals surface area contributed by atoms with E-state index in [2.05, 4.69) is 16.0 Å². The number of aryl methyl sites for hydroxylation is 1. The number of nitriles is 1. The summed E-state index contributed by atoms with van der Waals surface area (Å²) in [4.78, 5) is 20.9. The van der Waals surface area contributed by atoms with Crippen LogP contribution in [0.25, 0.3) is 11.1 Å². The molecule has 1 fully saturated rings. The van der Waals surface area contributed by atoms with Gasteiger partial charge in [0.25, 0.3) is 0 Å². The lowest BCUT2D eigenvalue weighted by Gasteiger charge is -2.39. The lowest BCUT2D eigenvalue weighted by Crippen LogP contribution is -2.52. The van der Waals surface area contributed by atoms with Gasteiger partial charge in [-0.1, -0.05) is 26.0 Å². The Hall–Kier alpha value is -3.16. The summed E-state index contributed by atoms with van der Waals surface area (Å²) in [5.41, 5.74) is 1.26. The third-order valence-electron chi connectivity index (χ3n) is 6.31. The highest BCUT2D eigenvalue weighted by Gasteiger charge is 2.39. The Morgan fingerprint density at radius 3 is 2.44 bits per heavy atom. The SMILES string of the molecule is Cc1ccc2c(c1)S(=O)(=O)Oc1c(C(C)(C)CN3CCN(C(=O)OC(C)(C)C)CC3)ncc(C#N)c1-2. The van der Waals surface area contributed by atoms with E-state index < -0.39 is 21.1 Å². The molecule has 1 aromatic carbocycles. The second kappa shape index (κ2) is 9.05. The van der Waals surface area contributed by atoms with E-state index in [9.17, 15) is 18.5 Å².